The fourth-order valence-electron chi connectivity index (χ4n) is 1.71. The number of aliphatic carboxylic acids is 1. The van der Waals surface area contributed by atoms with Crippen molar-refractivity contribution in [3.05, 3.63) is 17.0 Å². The van der Waals surface area contributed by atoms with Crippen LogP contribution in [0.2, 0.25) is 0 Å². The van der Waals surface area contributed by atoms with Crippen molar-refractivity contribution in [3.8, 4) is 6.07 Å². The van der Waals surface area contributed by atoms with Gasteiger partial charge in [0, 0.05) is 18.1 Å². The lowest BCUT2D eigenvalue weighted by atomic mass is 10.3. The van der Waals surface area contributed by atoms with Crippen molar-refractivity contribution in [2.45, 2.75) is 10.3 Å². The summed E-state index contributed by atoms with van der Waals surface area (Å²) >= 11 is 2.28. The number of nitriles is 1. The Balaban J connectivity index is 2.37. The van der Waals surface area contributed by atoms with Gasteiger partial charge >= 0.3 is 5.97 Å². The van der Waals surface area contributed by atoms with Crippen molar-refractivity contribution in [2.75, 3.05) is 18.1 Å². The van der Waals surface area contributed by atoms with E-state index >= 15 is 0 Å². The first-order valence-corrected chi connectivity index (χ1v) is 8.70. The van der Waals surface area contributed by atoms with Crippen molar-refractivity contribution in [1.29, 1.82) is 5.26 Å². The summed E-state index contributed by atoms with van der Waals surface area (Å²) in [6, 6.07) is 3.60. The zero-order valence-electron chi connectivity index (χ0n) is 9.64. The van der Waals surface area contributed by atoms with Gasteiger partial charge < -0.3 is 5.11 Å². The highest BCUT2D eigenvalue weighted by Crippen LogP contribution is 2.29. The molecule has 0 aliphatic carbocycles. The van der Waals surface area contributed by atoms with Crippen LogP contribution in [0.3, 0.4) is 0 Å². The molecule has 1 saturated heterocycles. The smallest absolute Gasteiger partial charge is 0.322 e. The van der Waals surface area contributed by atoms with E-state index in [1.807, 2.05) is 6.07 Å². The number of hydrogen-bond donors (Lipinski definition) is 1. The molecular weight excluding hydrogens is 308 g/mol. The SMILES string of the molecule is N#Cc1ccc(S(=O)(=O)N2CCSCC2C(=O)O)s1. The van der Waals surface area contributed by atoms with E-state index in [1.54, 1.807) is 0 Å². The molecule has 0 bridgehead atoms. The summed E-state index contributed by atoms with van der Waals surface area (Å²) in [7, 11) is -3.84. The van der Waals surface area contributed by atoms with Crippen LogP contribution in [0.25, 0.3) is 0 Å². The summed E-state index contributed by atoms with van der Waals surface area (Å²) in [4.78, 5) is 11.4. The molecule has 0 saturated carbocycles. The number of carbonyl (C=O) groups is 1. The van der Waals surface area contributed by atoms with E-state index < -0.39 is 22.0 Å². The average molecular weight is 318 g/mol. The molecule has 1 aliphatic rings. The molecule has 19 heavy (non-hydrogen) atoms. The minimum atomic E-state index is -3.84. The summed E-state index contributed by atoms with van der Waals surface area (Å²) in [5.41, 5.74) is 0. The van der Waals surface area contributed by atoms with Crippen LogP contribution in [0, 0.1) is 11.3 Å². The quantitative estimate of drug-likeness (QED) is 0.885. The Morgan fingerprint density at radius 1 is 1.53 bits per heavy atom. The lowest BCUT2D eigenvalue weighted by Crippen LogP contribution is -2.49. The number of hydrogen-bond acceptors (Lipinski definition) is 6. The molecule has 1 aromatic heterocycles. The first-order valence-electron chi connectivity index (χ1n) is 5.29. The van der Waals surface area contributed by atoms with Gasteiger partial charge in [-0.2, -0.15) is 21.3 Å². The van der Waals surface area contributed by atoms with Crippen LogP contribution < -0.4 is 0 Å². The van der Waals surface area contributed by atoms with Crippen LogP contribution in [0.15, 0.2) is 16.3 Å². The van der Waals surface area contributed by atoms with Crippen molar-refractivity contribution in [3.63, 3.8) is 0 Å². The van der Waals surface area contributed by atoms with Gasteiger partial charge in [0.1, 0.15) is 21.2 Å². The number of sulfonamides is 1. The van der Waals surface area contributed by atoms with Crippen LogP contribution in [0.1, 0.15) is 4.88 Å². The molecule has 6 nitrogen and oxygen atoms in total. The van der Waals surface area contributed by atoms with Crippen LogP contribution in [-0.2, 0) is 14.8 Å². The molecule has 2 heterocycles. The first-order chi connectivity index (χ1) is 8.96. The molecule has 1 fully saturated rings. The standard InChI is InChI=1S/C10H10N2O4S3/c11-5-7-1-2-9(18-7)19(15,16)12-3-4-17-6-8(12)10(13)14/h1-2,8H,3-4,6H2,(H,13,14). The Kier molecular flexibility index (Phi) is 4.15. The fourth-order valence-corrected chi connectivity index (χ4v) is 5.77. The van der Waals surface area contributed by atoms with Crippen molar-refractivity contribution >= 4 is 39.1 Å². The van der Waals surface area contributed by atoms with Crippen LogP contribution in [0.5, 0.6) is 0 Å². The molecule has 1 aliphatic heterocycles. The Morgan fingerprint density at radius 2 is 2.26 bits per heavy atom. The second-order valence-electron chi connectivity index (χ2n) is 3.78. The predicted molar refractivity (Wildman–Crippen MR) is 71.7 cm³/mol. The van der Waals surface area contributed by atoms with Crippen molar-refractivity contribution < 1.29 is 18.3 Å². The van der Waals surface area contributed by atoms with Crippen molar-refractivity contribution in [1.82, 2.24) is 4.31 Å². The molecule has 102 valence electrons. The van der Waals surface area contributed by atoms with Gasteiger partial charge in [-0.3, -0.25) is 4.79 Å². The minimum absolute atomic E-state index is 0.0159. The lowest BCUT2D eigenvalue weighted by Gasteiger charge is -2.30. The molecule has 1 unspecified atom stereocenters. The van der Waals surface area contributed by atoms with E-state index in [0.29, 0.717) is 5.75 Å². The number of thioether (sulfide) groups is 1. The summed E-state index contributed by atoms with van der Waals surface area (Å²) < 4.78 is 25.8. The topological polar surface area (TPSA) is 98.5 Å². The third-order valence-electron chi connectivity index (χ3n) is 2.62. The second kappa shape index (κ2) is 5.50. The lowest BCUT2D eigenvalue weighted by molar-refractivity contribution is -0.140. The first kappa shape index (κ1) is 14.3. The number of thiophene rings is 1. The summed E-state index contributed by atoms with van der Waals surface area (Å²) in [5.74, 6) is -0.335. The molecule has 1 atom stereocenters. The molecule has 1 aromatic rings. The van der Waals surface area contributed by atoms with Gasteiger partial charge in [-0.25, -0.2) is 8.42 Å². The maximum atomic E-state index is 12.4. The zero-order chi connectivity index (χ0) is 14.0. The van der Waals surface area contributed by atoms with E-state index in [9.17, 15) is 13.2 Å². The molecule has 0 aromatic carbocycles. The number of carboxylic acids is 1. The highest BCUT2D eigenvalue weighted by molar-refractivity contribution is 7.99. The van der Waals surface area contributed by atoms with E-state index in [2.05, 4.69) is 0 Å². The highest BCUT2D eigenvalue weighted by atomic mass is 32.2. The van der Waals surface area contributed by atoms with Gasteiger partial charge in [0.15, 0.2) is 0 Å². The Bertz CT molecular complexity index is 631. The van der Waals surface area contributed by atoms with Gasteiger partial charge in [0.05, 0.1) is 0 Å². The molecule has 0 spiro atoms. The largest absolute Gasteiger partial charge is 0.480 e. The van der Waals surface area contributed by atoms with Gasteiger partial charge in [0.25, 0.3) is 10.0 Å². The Labute approximate surface area is 118 Å². The summed E-state index contributed by atoms with van der Waals surface area (Å²) in [6.07, 6.45) is 0. The normalized spacial score (nSPS) is 20.9. The Morgan fingerprint density at radius 3 is 2.84 bits per heavy atom. The zero-order valence-corrected chi connectivity index (χ0v) is 12.1. The van der Waals surface area contributed by atoms with Gasteiger partial charge in [0.2, 0.25) is 0 Å². The molecule has 0 radical (unpaired) electrons. The third-order valence-corrected chi connectivity index (χ3v) is 7.01. The predicted octanol–water partition coefficient (Wildman–Crippen LogP) is 0.810. The van der Waals surface area contributed by atoms with E-state index in [1.165, 1.54) is 23.9 Å². The van der Waals surface area contributed by atoms with E-state index in [-0.39, 0.29) is 21.4 Å². The fraction of sp³-hybridized carbons (Fsp3) is 0.400. The molecule has 1 N–H and O–H groups in total. The number of rotatable bonds is 3. The van der Waals surface area contributed by atoms with Crippen LogP contribution in [0.4, 0.5) is 0 Å². The average Bonchev–Trinajstić information content (AvgIpc) is 2.88. The van der Waals surface area contributed by atoms with E-state index in [4.69, 9.17) is 10.4 Å². The Hall–Kier alpha value is -1.08. The third kappa shape index (κ3) is 2.76. The molecule has 2 rings (SSSR count). The monoisotopic (exact) mass is 318 g/mol. The maximum absolute atomic E-state index is 12.4. The van der Waals surface area contributed by atoms with Crippen LogP contribution >= 0.6 is 23.1 Å². The second-order valence-corrected chi connectivity index (χ2v) is 8.13. The van der Waals surface area contributed by atoms with Crippen molar-refractivity contribution in [2.24, 2.45) is 0 Å². The van der Waals surface area contributed by atoms with Gasteiger partial charge in [-0.05, 0) is 12.1 Å². The molecule has 9 heteroatoms. The maximum Gasteiger partial charge on any atom is 0.322 e. The van der Waals surface area contributed by atoms with Gasteiger partial charge in [-0.15, -0.1) is 11.3 Å². The molecule has 0 amide bonds. The van der Waals surface area contributed by atoms with Gasteiger partial charge in [-0.1, -0.05) is 0 Å². The molecular formula is C10H10N2O4S3. The minimum Gasteiger partial charge on any atom is -0.480 e. The van der Waals surface area contributed by atoms with E-state index in [0.717, 1.165) is 15.6 Å². The summed E-state index contributed by atoms with van der Waals surface area (Å²) in [5, 5.41) is 17.8. The highest BCUT2D eigenvalue weighted by Gasteiger charge is 2.38. The van der Waals surface area contributed by atoms with Crippen LogP contribution in [-0.4, -0.2) is 47.9 Å². The number of nitrogens with zero attached hydrogens (tertiary/aromatic N) is 2. The summed E-state index contributed by atoms with van der Waals surface area (Å²) in [6.45, 7) is 0.170. The number of carboxylic acid groups (broad SMARTS) is 1.